The van der Waals surface area contributed by atoms with Crippen LogP contribution in [0.25, 0.3) is 0 Å². The highest BCUT2D eigenvalue weighted by molar-refractivity contribution is 5.73. The molecule has 0 bridgehead atoms. The summed E-state index contributed by atoms with van der Waals surface area (Å²) in [5.74, 6) is -0.986. The van der Waals surface area contributed by atoms with Gasteiger partial charge in [-0.1, -0.05) is 0 Å². The van der Waals surface area contributed by atoms with Crippen LogP contribution in [0.1, 0.15) is 6.42 Å². The Morgan fingerprint density at radius 2 is 2.45 bits per heavy atom. The molecule has 0 aromatic rings. The van der Waals surface area contributed by atoms with E-state index >= 15 is 0 Å². The molecule has 2 atom stereocenters. The number of hydrogen-bond acceptors (Lipinski definition) is 3. The first-order chi connectivity index (χ1) is 5.25. The van der Waals surface area contributed by atoms with Gasteiger partial charge in [0.1, 0.15) is 6.17 Å². The lowest BCUT2D eigenvalue weighted by Gasteiger charge is -2.24. The molecular weight excluding hydrogens is 149 g/mol. The minimum absolute atomic E-state index is 0.264. The molecule has 0 aromatic carbocycles. The molecule has 0 saturated carbocycles. The SMILES string of the molecule is COC(=O)[C@H]1CCNC[C@H]1F. The normalized spacial score (nSPS) is 31.5. The summed E-state index contributed by atoms with van der Waals surface area (Å²) in [6, 6.07) is 0. The first-order valence-electron chi connectivity index (χ1n) is 3.68. The second-order valence-corrected chi connectivity index (χ2v) is 2.64. The minimum atomic E-state index is -1.09. The van der Waals surface area contributed by atoms with Gasteiger partial charge in [-0.05, 0) is 13.0 Å². The van der Waals surface area contributed by atoms with E-state index in [4.69, 9.17) is 0 Å². The Balaban J connectivity index is 2.47. The molecule has 1 aliphatic heterocycles. The number of carbonyl (C=O) groups is 1. The van der Waals surface area contributed by atoms with Crippen molar-refractivity contribution in [2.75, 3.05) is 20.2 Å². The number of nitrogens with one attached hydrogen (secondary N) is 1. The number of methoxy groups -OCH3 is 1. The minimum Gasteiger partial charge on any atom is -0.469 e. The molecule has 1 saturated heterocycles. The van der Waals surface area contributed by atoms with E-state index in [1.165, 1.54) is 7.11 Å². The molecule has 1 N–H and O–H groups in total. The van der Waals surface area contributed by atoms with Gasteiger partial charge in [0.25, 0.3) is 0 Å². The molecule has 1 fully saturated rings. The standard InChI is InChI=1S/C7H12FNO2/c1-11-7(10)5-2-3-9-4-6(5)8/h5-6,9H,2-4H2,1H3/t5-,6+/m0/s1. The first kappa shape index (κ1) is 8.46. The van der Waals surface area contributed by atoms with Gasteiger partial charge in [0.2, 0.25) is 0 Å². The van der Waals surface area contributed by atoms with Crippen LogP contribution in [-0.4, -0.2) is 32.3 Å². The number of alkyl halides is 1. The smallest absolute Gasteiger partial charge is 0.311 e. The molecule has 0 radical (unpaired) electrons. The fourth-order valence-electron chi connectivity index (χ4n) is 1.24. The van der Waals surface area contributed by atoms with Crippen LogP contribution >= 0.6 is 0 Å². The van der Waals surface area contributed by atoms with Crippen LogP contribution in [0.3, 0.4) is 0 Å². The first-order valence-corrected chi connectivity index (χ1v) is 3.68. The summed E-state index contributed by atoms with van der Waals surface area (Å²) in [6.07, 6.45) is -0.551. The van der Waals surface area contributed by atoms with E-state index in [9.17, 15) is 9.18 Å². The monoisotopic (exact) mass is 161 g/mol. The molecule has 0 amide bonds. The lowest BCUT2D eigenvalue weighted by molar-refractivity contribution is -0.148. The Labute approximate surface area is 64.9 Å². The van der Waals surface area contributed by atoms with Gasteiger partial charge >= 0.3 is 5.97 Å². The zero-order valence-electron chi connectivity index (χ0n) is 6.47. The average molecular weight is 161 g/mol. The van der Waals surface area contributed by atoms with Crippen molar-refractivity contribution in [1.82, 2.24) is 5.32 Å². The van der Waals surface area contributed by atoms with Gasteiger partial charge in [0.05, 0.1) is 13.0 Å². The molecule has 3 nitrogen and oxygen atoms in total. The quantitative estimate of drug-likeness (QED) is 0.554. The van der Waals surface area contributed by atoms with E-state index in [2.05, 4.69) is 10.1 Å². The summed E-state index contributed by atoms with van der Waals surface area (Å²) < 4.78 is 17.4. The van der Waals surface area contributed by atoms with Crippen molar-refractivity contribution in [3.05, 3.63) is 0 Å². The number of carbonyl (C=O) groups excluding carboxylic acids is 1. The van der Waals surface area contributed by atoms with Crippen molar-refractivity contribution in [2.45, 2.75) is 12.6 Å². The van der Waals surface area contributed by atoms with E-state index in [1.54, 1.807) is 0 Å². The van der Waals surface area contributed by atoms with Crippen LogP contribution in [-0.2, 0) is 9.53 Å². The third-order valence-electron chi connectivity index (χ3n) is 1.91. The van der Waals surface area contributed by atoms with Crippen molar-refractivity contribution >= 4 is 5.97 Å². The number of halogens is 1. The van der Waals surface area contributed by atoms with Gasteiger partial charge in [-0.15, -0.1) is 0 Å². The van der Waals surface area contributed by atoms with Gasteiger partial charge in [-0.25, -0.2) is 4.39 Å². The molecule has 11 heavy (non-hydrogen) atoms. The number of hydrogen-bond donors (Lipinski definition) is 1. The number of esters is 1. The molecule has 1 heterocycles. The maximum absolute atomic E-state index is 12.9. The molecule has 0 aliphatic carbocycles. The zero-order chi connectivity index (χ0) is 8.27. The van der Waals surface area contributed by atoms with E-state index in [0.717, 1.165) is 0 Å². The zero-order valence-corrected chi connectivity index (χ0v) is 6.47. The van der Waals surface area contributed by atoms with Crippen molar-refractivity contribution in [2.24, 2.45) is 5.92 Å². The van der Waals surface area contributed by atoms with Crippen molar-refractivity contribution in [1.29, 1.82) is 0 Å². The van der Waals surface area contributed by atoms with Crippen LogP contribution in [0.4, 0.5) is 4.39 Å². The molecule has 0 aromatic heterocycles. The van der Waals surface area contributed by atoms with E-state index < -0.39 is 18.1 Å². The number of rotatable bonds is 1. The Morgan fingerprint density at radius 3 is 3.00 bits per heavy atom. The number of piperidine rings is 1. The van der Waals surface area contributed by atoms with E-state index in [0.29, 0.717) is 13.0 Å². The van der Waals surface area contributed by atoms with Gasteiger partial charge < -0.3 is 10.1 Å². The molecule has 0 spiro atoms. The van der Waals surface area contributed by atoms with Crippen molar-refractivity contribution < 1.29 is 13.9 Å². The second-order valence-electron chi connectivity index (χ2n) is 2.64. The molecule has 4 heteroatoms. The summed E-state index contributed by atoms with van der Waals surface area (Å²) >= 11 is 0. The predicted octanol–water partition coefficient (Wildman–Crippen LogP) is 0.107. The summed E-state index contributed by atoms with van der Waals surface area (Å²) in [5, 5.41) is 2.86. The second kappa shape index (κ2) is 3.67. The molecule has 1 rings (SSSR count). The van der Waals surface area contributed by atoms with Gasteiger partial charge in [-0.3, -0.25) is 4.79 Å². The van der Waals surface area contributed by atoms with Crippen LogP contribution in [0, 0.1) is 5.92 Å². The lowest BCUT2D eigenvalue weighted by atomic mass is 9.97. The van der Waals surface area contributed by atoms with Crippen molar-refractivity contribution in [3.63, 3.8) is 0 Å². The van der Waals surface area contributed by atoms with Gasteiger partial charge in [-0.2, -0.15) is 0 Å². The van der Waals surface area contributed by atoms with E-state index in [1.807, 2.05) is 0 Å². The highest BCUT2D eigenvalue weighted by atomic mass is 19.1. The highest BCUT2D eigenvalue weighted by Crippen LogP contribution is 2.16. The maximum Gasteiger partial charge on any atom is 0.311 e. The Morgan fingerprint density at radius 1 is 1.73 bits per heavy atom. The predicted molar refractivity (Wildman–Crippen MR) is 37.9 cm³/mol. The van der Waals surface area contributed by atoms with E-state index in [-0.39, 0.29) is 6.54 Å². The van der Waals surface area contributed by atoms with Crippen LogP contribution in [0.15, 0.2) is 0 Å². The summed E-state index contributed by atoms with van der Waals surface area (Å²) in [7, 11) is 1.29. The van der Waals surface area contributed by atoms with Crippen LogP contribution in [0.5, 0.6) is 0 Å². The molecule has 64 valence electrons. The van der Waals surface area contributed by atoms with Gasteiger partial charge in [0.15, 0.2) is 0 Å². The van der Waals surface area contributed by atoms with Gasteiger partial charge in [0, 0.05) is 6.54 Å². The summed E-state index contributed by atoms with van der Waals surface area (Å²) in [5.41, 5.74) is 0. The largest absolute Gasteiger partial charge is 0.469 e. The summed E-state index contributed by atoms with van der Waals surface area (Å²) in [4.78, 5) is 10.9. The maximum atomic E-state index is 12.9. The Hall–Kier alpha value is -0.640. The van der Waals surface area contributed by atoms with Crippen LogP contribution in [0.2, 0.25) is 0 Å². The molecule has 0 unspecified atom stereocenters. The third-order valence-corrected chi connectivity index (χ3v) is 1.91. The Bertz CT molecular complexity index is 151. The third kappa shape index (κ3) is 1.89. The molecule has 1 aliphatic rings. The number of ether oxygens (including phenoxy) is 1. The fourth-order valence-corrected chi connectivity index (χ4v) is 1.24. The topological polar surface area (TPSA) is 38.3 Å². The fraction of sp³-hybridized carbons (Fsp3) is 0.857. The van der Waals surface area contributed by atoms with Crippen molar-refractivity contribution in [3.8, 4) is 0 Å². The average Bonchev–Trinajstić information content (AvgIpc) is 2.04. The summed E-state index contributed by atoms with van der Waals surface area (Å²) in [6.45, 7) is 0.958. The highest BCUT2D eigenvalue weighted by Gasteiger charge is 2.31. The van der Waals surface area contributed by atoms with Crippen LogP contribution < -0.4 is 5.32 Å². The Kier molecular flexibility index (Phi) is 2.82. The lowest BCUT2D eigenvalue weighted by Crippen LogP contribution is -2.42. The molecular formula is C7H12FNO2.